The van der Waals surface area contributed by atoms with Crippen molar-refractivity contribution in [2.45, 2.75) is 36.6 Å². The number of sulfone groups is 1. The van der Waals surface area contributed by atoms with Crippen LogP contribution in [0.3, 0.4) is 0 Å². The molecule has 0 radical (unpaired) electrons. The SMILES string of the molecule is CCC[n+]1c(N)c(S(=O)(=O)c2ccc(C)cc2)cc2c(=O)n3ccccc3nc21. The number of pyridine rings is 2. The monoisotopic (exact) mass is 409 g/mol. The van der Waals surface area contributed by atoms with Gasteiger partial charge in [-0.2, -0.15) is 0 Å². The third-order valence-corrected chi connectivity index (χ3v) is 6.69. The molecule has 0 amide bonds. The summed E-state index contributed by atoms with van der Waals surface area (Å²) in [6.45, 7) is 4.27. The van der Waals surface area contributed by atoms with Crippen LogP contribution in [0.2, 0.25) is 0 Å². The van der Waals surface area contributed by atoms with Gasteiger partial charge >= 0.3 is 0 Å². The van der Waals surface area contributed by atoms with Gasteiger partial charge in [0.15, 0.2) is 0 Å². The lowest BCUT2D eigenvalue weighted by molar-refractivity contribution is -0.660. The van der Waals surface area contributed by atoms with Crippen LogP contribution in [0.1, 0.15) is 18.9 Å². The maximum absolute atomic E-state index is 13.3. The fourth-order valence-corrected chi connectivity index (χ4v) is 4.79. The van der Waals surface area contributed by atoms with Gasteiger partial charge in [-0.3, -0.25) is 9.20 Å². The van der Waals surface area contributed by atoms with Crippen LogP contribution < -0.4 is 15.9 Å². The Balaban J connectivity index is 2.11. The first-order valence-corrected chi connectivity index (χ1v) is 10.8. The van der Waals surface area contributed by atoms with E-state index >= 15 is 0 Å². The largest absolute Gasteiger partial charge is 0.317 e. The Morgan fingerprint density at radius 2 is 1.86 bits per heavy atom. The molecule has 3 aromatic heterocycles. The van der Waals surface area contributed by atoms with Crippen LogP contribution in [-0.4, -0.2) is 17.8 Å². The number of aryl methyl sites for hydroxylation is 2. The van der Waals surface area contributed by atoms with Gasteiger partial charge in [0.2, 0.25) is 21.3 Å². The Kier molecular flexibility index (Phi) is 4.58. The number of anilines is 1. The number of nitrogens with two attached hydrogens (primary N) is 1. The van der Waals surface area contributed by atoms with Gasteiger partial charge in [0.05, 0.1) is 11.4 Å². The fraction of sp³-hybridized carbons (Fsp3) is 0.190. The van der Waals surface area contributed by atoms with Gasteiger partial charge in [-0.25, -0.2) is 13.0 Å². The van der Waals surface area contributed by atoms with Crippen LogP contribution in [0.25, 0.3) is 16.7 Å². The molecule has 4 rings (SSSR count). The van der Waals surface area contributed by atoms with Gasteiger partial charge in [0, 0.05) is 6.20 Å². The summed E-state index contributed by atoms with van der Waals surface area (Å²) in [5.41, 5.74) is 7.78. The maximum Gasteiger partial charge on any atom is 0.278 e. The van der Waals surface area contributed by atoms with Crippen molar-refractivity contribution < 1.29 is 13.0 Å². The molecule has 0 atom stereocenters. The number of nitrogen functional groups attached to an aromatic ring is 1. The molecule has 8 heteroatoms. The number of benzene rings is 1. The van der Waals surface area contributed by atoms with Crippen LogP contribution in [-0.2, 0) is 16.4 Å². The van der Waals surface area contributed by atoms with Gasteiger partial charge in [0.25, 0.3) is 11.2 Å². The molecule has 0 saturated heterocycles. The lowest BCUT2D eigenvalue weighted by atomic mass is 10.2. The van der Waals surface area contributed by atoms with Gasteiger partial charge in [-0.15, -0.1) is 0 Å². The predicted molar refractivity (Wildman–Crippen MR) is 110 cm³/mol. The molecule has 0 bridgehead atoms. The number of rotatable bonds is 4. The van der Waals surface area contributed by atoms with Crippen LogP contribution in [0.4, 0.5) is 5.82 Å². The number of hydrogen-bond acceptors (Lipinski definition) is 5. The molecule has 0 unspecified atom stereocenters. The highest BCUT2D eigenvalue weighted by Crippen LogP contribution is 2.26. The number of nitrogens with zero attached hydrogens (tertiary/aromatic N) is 3. The summed E-state index contributed by atoms with van der Waals surface area (Å²) in [5, 5.41) is 0.210. The van der Waals surface area contributed by atoms with Gasteiger partial charge in [-0.05, 0) is 43.7 Å². The van der Waals surface area contributed by atoms with E-state index in [0.717, 1.165) is 5.56 Å². The minimum absolute atomic E-state index is 0.0760. The second kappa shape index (κ2) is 6.97. The summed E-state index contributed by atoms with van der Waals surface area (Å²) in [7, 11) is -3.91. The molecule has 0 saturated carbocycles. The highest BCUT2D eigenvalue weighted by molar-refractivity contribution is 7.91. The maximum atomic E-state index is 13.3. The predicted octanol–water partition coefficient (Wildman–Crippen LogP) is 2.27. The van der Waals surface area contributed by atoms with Crippen molar-refractivity contribution in [1.82, 2.24) is 9.38 Å². The molecule has 0 aliphatic carbocycles. The van der Waals surface area contributed by atoms with Crippen molar-refractivity contribution in [1.29, 1.82) is 0 Å². The molecular formula is C21H21N4O3S+. The number of aromatic nitrogens is 3. The summed E-state index contributed by atoms with van der Waals surface area (Å²) in [4.78, 5) is 17.7. The van der Waals surface area contributed by atoms with Crippen molar-refractivity contribution >= 4 is 32.3 Å². The van der Waals surface area contributed by atoms with Crippen molar-refractivity contribution in [2.75, 3.05) is 5.73 Å². The van der Waals surface area contributed by atoms with Crippen LogP contribution in [0.15, 0.2) is 69.3 Å². The first-order chi connectivity index (χ1) is 13.8. The Labute approximate surface area is 168 Å². The average molecular weight is 409 g/mol. The fourth-order valence-electron chi connectivity index (χ4n) is 3.38. The van der Waals surface area contributed by atoms with E-state index in [1.165, 1.54) is 10.5 Å². The van der Waals surface area contributed by atoms with Crippen molar-refractivity contribution in [3.05, 3.63) is 70.6 Å². The van der Waals surface area contributed by atoms with E-state index < -0.39 is 9.84 Å². The topological polar surface area (TPSA) is 98.4 Å². The molecule has 4 aromatic rings. The Morgan fingerprint density at radius 1 is 1.14 bits per heavy atom. The van der Waals surface area contributed by atoms with E-state index in [1.807, 2.05) is 13.8 Å². The van der Waals surface area contributed by atoms with Crippen LogP contribution in [0.5, 0.6) is 0 Å². The molecular weight excluding hydrogens is 388 g/mol. The normalized spacial score (nSPS) is 11.9. The number of fused-ring (bicyclic) bond motifs is 2. The summed E-state index contributed by atoms with van der Waals surface area (Å²) >= 11 is 0. The molecule has 2 N–H and O–H groups in total. The van der Waals surface area contributed by atoms with Crippen LogP contribution >= 0.6 is 0 Å². The molecule has 1 aromatic carbocycles. The Hall–Kier alpha value is -3.26. The smallest absolute Gasteiger partial charge is 0.278 e. The van der Waals surface area contributed by atoms with Gasteiger partial charge in [-0.1, -0.05) is 35.7 Å². The first-order valence-electron chi connectivity index (χ1n) is 9.29. The van der Waals surface area contributed by atoms with Crippen molar-refractivity contribution in [3.8, 4) is 0 Å². The van der Waals surface area contributed by atoms with Crippen LogP contribution in [0, 0.1) is 6.92 Å². The molecule has 0 spiro atoms. The second-order valence-corrected chi connectivity index (χ2v) is 8.86. The van der Waals surface area contributed by atoms with E-state index in [-0.39, 0.29) is 26.6 Å². The van der Waals surface area contributed by atoms with E-state index in [0.29, 0.717) is 24.3 Å². The molecule has 7 nitrogen and oxygen atoms in total. The molecule has 148 valence electrons. The zero-order valence-corrected chi connectivity index (χ0v) is 17.0. The molecule has 0 aliphatic rings. The Morgan fingerprint density at radius 3 is 2.55 bits per heavy atom. The lowest BCUT2D eigenvalue weighted by Crippen LogP contribution is -2.41. The standard InChI is InChI=1S/C21H20N4O3S/c1-3-11-25-19(22)17(29(27,28)15-9-7-14(2)8-10-15)13-16-20(25)23-18-6-4-5-12-24(18)21(16)26/h4-10,12-13,22H,3,11H2,1-2H3/p+1. The highest BCUT2D eigenvalue weighted by Gasteiger charge is 2.29. The van der Waals surface area contributed by atoms with Gasteiger partial charge < -0.3 is 5.73 Å². The number of hydrogen-bond donors (Lipinski definition) is 1. The molecule has 3 heterocycles. The third-order valence-electron chi connectivity index (χ3n) is 4.89. The quantitative estimate of drug-likeness (QED) is 0.412. The van der Waals surface area contributed by atoms with Crippen molar-refractivity contribution in [2.24, 2.45) is 0 Å². The second-order valence-electron chi connectivity index (χ2n) is 6.95. The summed E-state index contributed by atoms with van der Waals surface area (Å²) in [5.74, 6) is 0.0760. The van der Waals surface area contributed by atoms with Gasteiger partial charge in [0.1, 0.15) is 10.3 Å². The molecule has 29 heavy (non-hydrogen) atoms. The van der Waals surface area contributed by atoms with E-state index in [9.17, 15) is 13.2 Å². The van der Waals surface area contributed by atoms with E-state index in [2.05, 4.69) is 4.98 Å². The first kappa shape index (κ1) is 19.1. The van der Waals surface area contributed by atoms with Crippen molar-refractivity contribution in [3.63, 3.8) is 0 Å². The van der Waals surface area contributed by atoms with E-state index in [1.54, 1.807) is 53.2 Å². The average Bonchev–Trinajstić information content (AvgIpc) is 2.70. The summed E-state index contributed by atoms with van der Waals surface area (Å²) < 4.78 is 29.7. The third kappa shape index (κ3) is 3.05. The summed E-state index contributed by atoms with van der Waals surface area (Å²) in [6.07, 6.45) is 2.31. The molecule has 0 fully saturated rings. The zero-order chi connectivity index (χ0) is 20.8. The summed E-state index contributed by atoms with van der Waals surface area (Å²) in [6, 6.07) is 13.1. The highest BCUT2D eigenvalue weighted by atomic mass is 32.2. The lowest BCUT2D eigenvalue weighted by Gasteiger charge is -2.12. The minimum Gasteiger partial charge on any atom is -0.317 e. The molecule has 0 aliphatic heterocycles. The minimum atomic E-state index is -3.91. The van der Waals surface area contributed by atoms with E-state index in [4.69, 9.17) is 5.73 Å². The Bertz CT molecular complexity index is 1410. The zero-order valence-electron chi connectivity index (χ0n) is 16.2.